The van der Waals surface area contributed by atoms with Crippen molar-refractivity contribution in [2.24, 2.45) is 5.92 Å². The van der Waals surface area contributed by atoms with Crippen LogP contribution in [0.25, 0.3) is 0 Å². The summed E-state index contributed by atoms with van der Waals surface area (Å²) in [5.74, 6) is 1.19. The SMILES string of the molecule is CC(C)CNCc1nnc(N(C)C2CCCCC2O)o1. The number of rotatable bonds is 6. The molecule has 114 valence electrons. The number of aromatic nitrogens is 2. The first-order chi connectivity index (χ1) is 9.58. The van der Waals surface area contributed by atoms with Gasteiger partial charge >= 0.3 is 6.01 Å². The van der Waals surface area contributed by atoms with Crippen molar-refractivity contribution in [3.8, 4) is 0 Å². The third kappa shape index (κ3) is 3.93. The van der Waals surface area contributed by atoms with Gasteiger partial charge in [0.1, 0.15) is 0 Å². The van der Waals surface area contributed by atoms with Gasteiger partial charge < -0.3 is 19.7 Å². The quantitative estimate of drug-likeness (QED) is 0.824. The van der Waals surface area contributed by atoms with Gasteiger partial charge in [0, 0.05) is 7.05 Å². The molecule has 2 N–H and O–H groups in total. The second-order valence-corrected chi connectivity index (χ2v) is 6.03. The van der Waals surface area contributed by atoms with E-state index in [1.165, 1.54) is 0 Å². The van der Waals surface area contributed by atoms with Crippen LogP contribution in [0.4, 0.5) is 6.01 Å². The molecule has 1 fully saturated rings. The fourth-order valence-corrected chi connectivity index (χ4v) is 2.61. The van der Waals surface area contributed by atoms with Gasteiger partial charge in [-0.15, -0.1) is 5.10 Å². The Bertz CT molecular complexity index is 408. The van der Waals surface area contributed by atoms with Crippen LogP contribution >= 0.6 is 0 Å². The lowest BCUT2D eigenvalue weighted by Crippen LogP contribution is -2.43. The van der Waals surface area contributed by atoms with Crippen LogP contribution in [0.1, 0.15) is 45.4 Å². The highest BCUT2D eigenvalue weighted by Gasteiger charge is 2.29. The van der Waals surface area contributed by atoms with Crippen LogP contribution in [0.5, 0.6) is 0 Å². The molecule has 1 saturated carbocycles. The summed E-state index contributed by atoms with van der Waals surface area (Å²) in [5.41, 5.74) is 0. The molecule has 1 aromatic heterocycles. The van der Waals surface area contributed by atoms with Gasteiger partial charge in [-0.25, -0.2) is 0 Å². The van der Waals surface area contributed by atoms with Crippen LogP contribution in [-0.4, -0.2) is 41.0 Å². The average molecular weight is 282 g/mol. The molecule has 0 saturated heterocycles. The number of aliphatic hydroxyl groups excluding tert-OH is 1. The van der Waals surface area contributed by atoms with Crippen LogP contribution in [0.15, 0.2) is 4.42 Å². The smallest absolute Gasteiger partial charge is 0.318 e. The molecule has 2 unspecified atom stereocenters. The number of nitrogens with one attached hydrogen (secondary N) is 1. The Morgan fingerprint density at radius 2 is 2.10 bits per heavy atom. The number of nitrogens with zero attached hydrogens (tertiary/aromatic N) is 3. The molecule has 0 amide bonds. The summed E-state index contributed by atoms with van der Waals surface area (Å²) < 4.78 is 5.66. The standard InChI is InChI=1S/C14H26N4O2/c1-10(2)8-15-9-13-16-17-14(20-13)18(3)11-6-4-5-7-12(11)19/h10-12,15,19H,4-9H2,1-3H3. The fourth-order valence-electron chi connectivity index (χ4n) is 2.61. The Morgan fingerprint density at radius 1 is 1.35 bits per heavy atom. The zero-order chi connectivity index (χ0) is 14.5. The van der Waals surface area contributed by atoms with Gasteiger partial charge in [0.2, 0.25) is 5.89 Å². The molecule has 1 aromatic rings. The van der Waals surface area contributed by atoms with Crippen LogP contribution in [-0.2, 0) is 6.54 Å². The summed E-state index contributed by atoms with van der Waals surface area (Å²) in [5, 5.41) is 21.5. The lowest BCUT2D eigenvalue weighted by molar-refractivity contribution is 0.104. The van der Waals surface area contributed by atoms with Crippen molar-refractivity contribution in [1.82, 2.24) is 15.5 Å². The van der Waals surface area contributed by atoms with Crippen LogP contribution < -0.4 is 10.2 Å². The molecule has 2 atom stereocenters. The molecule has 1 aliphatic rings. The van der Waals surface area contributed by atoms with E-state index in [2.05, 4.69) is 29.4 Å². The van der Waals surface area contributed by atoms with Gasteiger partial charge in [-0.05, 0) is 25.3 Å². The molecule has 6 heteroatoms. The minimum atomic E-state index is -0.303. The predicted molar refractivity (Wildman–Crippen MR) is 77.5 cm³/mol. The third-order valence-corrected chi connectivity index (χ3v) is 3.78. The molecule has 1 aliphatic carbocycles. The Morgan fingerprint density at radius 3 is 2.80 bits per heavy atom. The second kappa shape index (κ2) is 7.04. The Kier molecular flexibility index (Phi) is 5.37. The summed E-state index contributed by atoms with van der Waals surface area (Å²) in [4.78, 5) is 1.92. The molecular formula is C14H26N4O2. The van der Waals surface area contributed by atoms with Gasteiger partial charge in [-0.2, -0.15) is 0 Å². The minimum absolute atomic E-state index is 0.0840. The highest BCUT2D eigenvalue weighted by atomic mass is 16.4. The zero-order valence-corrected chi connectivity index (χ0v) is 12.7. The van der Waals surface area contributed by atoms with E-state index in [-0.39, 0.29) is 12.1 Å². The van der Waals surface area contributed by atoms with E-state index in [1.807, 2.05) is 11.9 Å². The van der Waals surface area contributed by atoms with Gasteiger partial charge in [0.25, 0.3) is 0 Å². The van der Waals surface area contributed by atoms with Gasteiger partial charge in [0.05, 0.1) is 18.7 Å². The first kappa shape index (κ1) is 15.3. The molecule has 20 heavy (non-hydrogen) atoms. The normalized spacial score (nSPS) is 23.2. The molecule has 6 nitrogen and oxygen atoms in total. The topological polar surface area (TPSA) is 74.4 Å². The summed E-state index contributed by atoms with van der Waals surface area (Å²) in [7, 11) is 1.91. The van der Waals surface area contributed by atoms with Crippen LogP contribution in [0.3, 0.4) is 0 Å². The molecule has 1 heterocycles. The number of aliphatic hydroxyl groups is 1. The fraction of sp³-hybridized carbons (Fsp3) is 0.857. The largest absolute Gasteiger partial charge is 0.407 e. The minimum Gasteiger partial charge on any atom is -0.407 e. The van der Waals surface area contributed by atoms with Crippen molar-refractivity contribution < 1.29 is 9.52 Å². The maximum atomic E-state index is 10.1. The van der Waals surface area contributed by atoms with Crippen LogP contribution in [0, 0.1) is 5.92 Å². The first-order valence-electron chi connectivity index (χ1n) is 7.52. The third-order valence-electron chi connectivity index (χ3n) is 3.78. The monoisotopic (exact) mass is 282 g/mol. The number of hydrogen-bond acceptors (Lipinski definition) is 6. The van der Waals surface area contributed by atoms with Gasteiger partial charge in [-0.3, -0.25) is 0 Å². The molecule has 0 spiro atoms. The highest BCUT2D eigenvalue weighted by molar-refractivity contribution is 5.25. The number of hydrogen-bond donors (Lipinski definition) is 2. The van der Waals surface area contributed by atoms with Crippen molar-refractivity contribution >= 4 is 6.01 Å². The Balaban J connectivity index is 1.90. The van der Waals surface area contributed by atoms with Crippen molar-refractivity contribution in [2.75, 3.05) is 18.5 Å². The lowest BCUT2D eigenvalue weighted by Gasteiger charge is -2.33. The molecular weight excluding hydrogens is 256 g/mol. The van der Waals surface area contributed by atoms with Crippen molar-refractivity contribution in [1.29, 1.82) is 0 Å². The van der Waals surface area contributed by atoms with Crippen molar-refractivity contribution in [3.63, 3.8) is 0 Å². The van der Waals surface area contributed by atoms with Crippen molar-refractivity contribution in [2.45, 2.75) is 58.2 Å². The van der Waals surface area contributed by atoms with E-state index >= 15 is 0 Å². The lowest BCUT2D eigenvalue weighted by atomic mass is 9.92. The maximum absolute atomic E-state index is 10.1. The Hall–Kier alpha value is -1.14. The first-order valence-corrected chi connectivity index (χ1v) is 7.52. The number of anilines is 1. The summed E-state index contributed by atoms with van der Waals surface area (Å²) in [6.45, 7) is 5.83. The Labute approximate surface area is 120 Å². The average Bonchev–Trinajstić information content (AvgIpc) is 2.87. The van der Waals surface area contributed by atoms with E-state index in [1.54, 1.807) is 0 Å². The van der Waals surface area contributed by atoms with E-state index in [9.17, 15) is 5.11 Å². The summed E-state index contributed by atoms with van der Waals surface area (Å²) >= 11 is 0. The van der Waals surface area contributed by atoms with Gasteiger partial charge in [-0.1, -0.05) is 31.8 Å². The molecule has 0 aliphatic heterocycles. The summed E-state index contributed by atoms with van der Waals surface area (Å²) in [6.07, 6.45) is 3.76. The molecule has 0 aromatic carbocycles. The molecule has 0 radical (unpaired) electrons. The van der Waals surface area contributed by atoms with Crippen LogP contribution in [0.2, 0.25) is 0 Å². The van der Waals surface area contributed by atoms with Gasteiger partial charge in [0.15, 0.2) is 0 Å². The molecule has 2 rings (SSSR count). The maximum Gasteiger partial charge on any atom is 0.318 e. The number of likely N-dealkylation sites (N-methyl/N-ethyl adjacent to an activating group) is 1. The molecule has 0 bridgehead atoms. The highest BCUT2D eigenvalue weighted by Crippen LogP contribution is 2.25. The zero-order valence-electron chi connectivity index (χ0n) is 12.7. The van der Waals surface area contributed by atoms with E-state index in [0.29, 0.717) is 24.4 Å². The van der Waals surface area contributed by atoms with E-state index in [0.717, 1.165) is 32.2 Å². The summed E-state index contributed by atoms with van der Waals surface area (Å²) in [6, 6.07) is 0.581. The van der Waals surface area contributed by atoms with E-state index < -0.39 is 0 Å². The van der Waals surface area contributed by atoms with E-state index in [4.69, 9.17) is 4.42 Å². The second-order valence-electron chi connectivity index (χ2n) is 6.03. The predicted octanol–water partition coefficient (Wildman–Crippen LogP) is 1.55. The van der Waals surface area contributed by atoms with Crippen molar-refractivity contribution in [3.05, 3.63) is 5.89 Å².